The number of aliphatic hydroxyl groups excluding tert-OH is 1. The molecule has 2 saturated heterocycles. The zero-order valence-corrected chi connectivity index (χ0v) is 20.2. The van der Waals surface area contributed by atoms with Crippen LogP contribution >= 0.6 is 0 Å². The van der Waals surface area contributed by atoms with E-state index in [9.17, 15) is 19.5 Å². The first-order valence-electron chi connectivity index (χ1n) is 13.0. The Morgan fingerprint density at radius 2 is 1.81 bits per heavy atom. The highest BCUT2D eigenvalue weighted by Crippen LogP contribution is 2.55. The topological polar surface area (TPSA) is 96.4 Å². The second-order valence-electron chi connectivity index (χ2n) is 10.4. The van der Waals surface area contributed by atoms with E-state index in [1.54, 1.807) is 12.2 Å². The number of cyclic esters (lactones) is 1. The lowest BCUT2D eigenvalue weighted by Gasteiger charge is -2.41. The lowest BCUT2D eigenvalue weighted by Crippen LogP contribution is -2.58. The number of aliphatic hydroxyl groups is 1. The van der Waals surface area contributed by atoms with E-state index in [4.69, 9.17) is 9.47 Å². The molecule has 3 fully saturated rings. The standard InChI is InChI=1S/C28H32N2O6/c31-17-20(18-9-3-1-4-10-18)30-24-26(33)29(19-11-5-2-6-12-19)15-8-14-28(24)23(25(30)32)22-21(36-28)13-7-16-35-27(22)34/h1,3-4,7-10,13-14,19-24,31H,2,5-6,11-12,15-17H2/t20-,21+,22-,23+,24?,28+/m1/s1. The van der Waals surface area contributed by atoms with Gasteiger partial charge in [-0.1, -0.05) is 67.8 Å². The molecular formula is C28H32N2O6. The fourth-order valence-corrected chi connectivity index (χ4v) is 7.01. The molecule has 36 heavy (non-hydrogen) atoms. The fraction of sp³-hybridized carbons (Fsp3) is 0.536. The third-order valence-electron chi connectivity index (χ3n) is 8.59. The number of ether oxygens (including phenoxy) is 2. The molecule has 2 amide bonds. The van der Waals surface area contributed by atoms with E-state index >= 15 is 0 Å². The van der Waals surface area contributed by atoms with Gasteiger partial charge in [-0.15, -0.1) is 0 Å². The summed E-state index contributed by atoms with van der Waals surface area (Å²) in [6.45, 7) is 0.211. The van der Waals surface area contributed by atoms with Crippen molar-refractivity contribution in [3.63, 3.8) is 0 Å². The molecule has 6 rings (SSSR count). The van der Waals surface area contributed by atoms with Gasteiger partial charge in [-0.3, -0.25) is 14.4 Å². The second-order valence-corrected chi connectivity index (χ2v) is 10.4. The Labute approximate surface area is 210 Å². The van der Waals surface area contributed by atoms with Crippen molar-refractivity contribution < 1.29 is 29.0 Å². The minimum absolute atomic E-state index is 0.100. The van der Waals surface area contributed by atoms with Gasteiger partial charge in [0.1, 0.15) is 24.2 Å². The number of carbonyl (C=O) groups is 3. The van der Waals surface area contributed by atoms with Gasteiger partial charge < -0.3 is 24.4 Å². The quantitative estimate of drug-likeness (QED) is 0.511. The molecule has 1 unspecified atom stereocenters. The first kappa shape index (κ1) is 23.4. The van der Waals surface area contributed by atoms with Gasteiger partial charge in [-0.25, -0.2) is 0 Å². The van der Waals surface area contributed by atoms with Crippen LogP contribution in [-0.4, -0.2) is 76.2 Å². The molecule has 1 N–H and O–H groups in total. The first-order valence-corrected chi connectivity index (χ1v) is 13.0. The number of hydrogen-bond donors (Lipinski definition) is 1. The predicted molar refractivity (Wildman–Crippen MR) is 129 cm³/mol. The first-order chi connectivity index (χ1) is 17.6. The number of likely N-dealkylation sites (tertiary alicyclic amines) is 1. The van der Waals surface area contributed by atoms with Gasteiger partial charge in [0.15, 0.2) is 0 Å². The fourth-order valence-electron chi connectivity index (χ4n) is 7.01. The molecule has 6 atom stereocenters. The molecule has 1 spiro atoms. The van der Waals surface area contributed by atoms with Crippen molar-refractivity contribution in [2.24, 2.45) is 11.8 Å². The van der Waals surface area contributed by atoms with Crippen LogP contribution in [0.25, 0.3) is 0 Å². The van der Waals surface area contributed by atoms with Crippen LogP contribution in [0.1, 0.15) is 43.7 Å². The summed E-state index contributed by atoms with van der Waals surface area (Å²) in [6, 6.07) is 7.62. The third-order valence-corrected chi connectivity index (χ3v) is 8.59. The molecule has 1 aromatic carbocycles. The highest BCUT2D eigenvalue weighted by molar-refractivity contribution is 5.99. The maximum absolute atomic E-state index is 14.4. The number of amides is 2. The van der Waals surface area contributed by atoms with Crippen molar-refractivity contribution in [1.82, 2.24) is 9.80 Å². The number of esters is 1. The third kappa shape index (κ3) is 3.45. The molecule has 1 saturated carbocycles. The normalized spacial score (nSPS) is 35.1. The summed E-state index contributed by atoms with van der Waals surface area (Å²) in [6.07, 6.45) is 11.8. The summed E-state index contributed by atoms with van der Waals surface area (Å²) in [4.78, 5) is 45.2. The van der Waals surface area contributed by atoms with Gasteiger partial charge in [0.05, 0.1) is 24.7 Å². The van der Waals surface area contributed by atoms with Crippen LogP contribution in [0.5, 0.6) is 0 Å². The van der Waals surface area contributed by atoms with Gasteiger partial charge in [0, 0.05) is 12.6 Å². The smallest absolute Gasteiger partial charge is 0.313 e. The van der Waals surface area contributed by atoms with Crippen LogP contribution in [0.2, 0.25) is 0 Å². The highest BCUT2D eigenvalue weighted by atomic mass is 16.6. The van der Waals surface area contributed by atoms with E-state index in [0.717, 1.165) is 37.7 Å². The van der Waals surface area contributed by atoms with Gasteiger partial charge in [-0.2, -0.15) is 0 Å². The van der Waals surface area contributed by atoms with Crippen molar-refractivity contribution in [2.75, 3.05) is 19.8 Å². The maximum atomic E-state index is 14.4. The number of rotatable bonds is 4. The molecule has 8 nitrogen and oxygen atoms in total. The minimum atomic E-state index is -1.31. The van der Waals surface area contributed by atoms with Crippen LogP contribution in [0.3, 0.4) is 0 Å². The number of nitrogens with zero attached hydrogens (tertiary/aromatic N) is 2. The molecule has 8 heteroatoms. The lowest BCUT2D eigenvalue weighted by molar-refractivity contribution is -0.155. The molecule has 0 aromatic heterocycles. The Balaban J connectivity index is 1.48. The van der Waals surface area contributed by atoms with Gasteiger partial charge in [0.2, 0.25) is 11.8 Å². The van der Waals surface area contributed by atoms with Crippen LogP contribution in [0.15, 0.2) is 54.6 Å². The summed E-state index contributed by atoms with van der Waals surface area (Å²) in [5.74, 6) is -2.78. The SMILES string of the molecule is O=C1OCC=C[C@@H]2O[C@]34C=CCN(C5CCCCC5)C(=O)C3N([C@H](CO)c3ccccc3)C(=O)[C@@H]4[C@H]12. The average molecular weight is 493 g/mol. The Morgan fingerprint density at radius 3 is 2.56 bits per heavy atom. The van der Waals surface area contributed by atoms with E-state index in [1.165, 1.54) is 4.90 Å². The maximum Gasteiger partial charge on any atom is 0.313 e. The van der Waals surface area contributed by atoms with E-state index in [-0.39, 0.29) is 31.1 Å². The van der Waals surface area contributed by atoms with Gasteiger partial charge in [-0.05, 0) is 24.5 Å². The van der Waals surface area contributed by atoms with Crippen LogP contribution in [0, 0.1) is 11.8 Å². The molecule has 190 valence electrons. The minimum Gasteiger partial charge on any atom is -0.461 e. The zero-order chi connectivity index (χ0) is 24.9. The van der Waals surface area contributed by atoms with Crippen molar-refractivity contribution in [3.8, 4) is 0 Å². The summed E-state index contributed by atoms with van der Waals surface area (Å²) in [5, 5.41) is 10.5. The van der Waals surface area contributed by atoms with Crippen molar-refractivity contribution in [3.05, 3.63) is 60.2 Å². The molecular weight excluding hydrogens is 460 g/mol. The largest absolute Gasteiger partial charge is 0.461 e. The molecule has 4 aliphatic heterocycles. The molecule has 0 radical (unpaired) electrons. The van der Waals surface area contributed by atoms with E-state index in [2.05, 4.69) is 0 Å². The van der Waals surface area contributed by atoms with Crippen molar-refractivity contribution in [2.45, 2.75) is 61.9 Å². The number of fused-ring (bicyclic) bond motifs is 2. The Bertz CT molecular complexity index is 1100. The van der Waals surface area contributed by atoms with Gasteiger partial charge in [0.25, 0.3) is 0 Å². The molecule has 1 aliphatic carbocycles. The Hall–Kier alpha value is -2.97. The lowest BCUT2D eigenvalue weighted by atomic mass is 9.78. The van der Waals surface area contributed by atoms with Crippen molar-refractivity contribution in [1.29, 1.82) is 0 Å². The summed E-state index contributed by atoms with van der Waals surface area (Å²) in [5.41, 5.74) is -0.580. The number of carbonyl (C=O) groups excluding carboxylic acids is 3. The number of hydrogen-bond acceptors (Lipinski definition) is 6. The zero-order valence-electron chi connectivity index (χ0n) is 20.2. The molecule has 0 bridgehead atoms. The predicted octanol–water partition coefficient (Wildman–Crippen LogP) is 2.14. The molecule has 5 aliphatic rings. The van der Waals surface area contributed by atoms with E-state index in [0.29, 0.717) is 6.54 Å². The van der Waals surface area contributed by atoms with E-state index < -0.39 is 41.6 Å². The summed E-state index contributed by atoms with van der Waals surface area (Å²) < 4.78 is 12.0. The van der Waals surface area contributed by atoms with E-state index in [1.807, 2.05) is 47.4 Å². The molecule has 1 aromatic rings. The average Bonchev–Trinajstić information content (AvgIpc) is 3.20. The Morgan fingerprint density at radius 1 is 1.03 bits per heavy atom. The highest BCUT2D eigenvalue weighted by Gasteiger charge is 2.72. The van der Waals surface area contributed by atoms with Gasteiger partial charge >= 0.3 is 5.97 Å². The summed E-state index contributed by atoms with van der Waals surface area (Å²) >= 11 is 0. The van der Waals surface area contributed by atoms with Crippen molar-refractivity contribution >= 4 is 17.8 Å². The number of benzene rings is 1. The van der Waals surface area contributed by atoms with Crippen LogP contribution < -0.4 is 0 Å². The summed E-state index contributed by atoms with van der Waals surface area (Å²) in [7, 11) is 0. The monoisotopic (exact) mass is 492 g/mol. The molecule has 4 heterocycles. The van der Waals surface area contributed by atoms with Crippen LogP contribution in [-0.2, 0) is 23.9 Å². The Kier molecular flexibility index (Phi) is 5.96. The van der Waals surface area contributed by atoms with Crippen LogP contribution in [0.4, 0.5) is 0 Å². The second kappa shape index (κ2) is 9.16.